The van der Waals surface area contributed by atoms with Gasteiger partial charge in [-0.05, 0) is 19.3 Å². The summed E-state index contributed by atoms with van der Waals surface area (Å²) in [5.74, 6) is 0.237. The van der Waals surface area contributed by atoms with Gasteiger partial charge in [0.1, 0.15) is 5.84 Å². The van der Waals surface area contributed by atoms with E-state index >= 15 is 0 Å². The SMILES string of the molecule is CCC(C)(C)C(=O)NC1CCCC1C(N)=NO. The summed E-state index contributed by atoms with van der Waals surface area (Å²) >= 11 is 0. The van der Waals surface area contributed by atoms with Crippen molar-refractivity contribution in [3.8, 4) is 0 Å². The predicted octanol–water partition coefficient (Wildman–Crippen LogP) is 1.45. The molecule has 0 aromatic carbocycles. The second-order valence-electron chi connectivity index (χ2n) is 5.38. The Bertz CT molecular complexity index is 313. The Labute approximate surface area is 102 Å². The van der Waals surface area contributed by atoms with Crippen LogP contribution in [0.2, 0.25) is 0 Å². The summed E-state index contributed by atoms with van der Waals surface area (Å²) in [6.45, 7) is 5.85. The molecular formula is C12H23N3O2. The highest BCUT2D eigenvalue weighted by molar-refractivity contribution is 5.86. The molecule has 0 heterocycles. The topological polar surface area (TPSA) is 87.7 Å². The van der Waals surface area contributed by atoms with Crippen molar-refractivity contribution < 1.29 is 10.0 Å². The number of carbonyl (C=O) groups excluding carboxylic acids is 1. The maximum Gasteiger partial charge on any atom is 0.225 e. The van der Waals surface area contributed by atoms with Crippen LogP contribution in [-0.4, -0.2) is 23.0 Å². The fourth-order valence-corrected chi connectivity index (χ4v) is 2.09. The summed E-state index contributed by atoms with van der Waals surface area (Å²) in [6, 6.07) is 0.00391. The van der Waals surface area contributed by atoms with Crippen molar-refractivity contribution in [2.24, 2.45) is 22.2 Å². The Balaban J connectivity index is 2.65. The van der Waals surface area contributed by atoms with Crippen molar-refractivity contribution in [3.63, 3.8) is 0 Å². The molecule has 17 heavy (non-hydrogen) atoms. The molecule has 4 N–H and O–H groups in total. The normalized spacial score (nSPS) is 25.9. The third-order valence-corrected chi connectivity index (χ3v) is 3.83. The molecule has 5 nitrogen and oxygen atoms in total. The lowest BCUT2D eigenvalue weighted by Gasteiger charge is -2.27. The van der Waals surface area contributed by atoms with Crippen LogP contribution in [0.15, 0.2) is 5.16 Å². The molecule has 5 heteroatoms. The molecule has 2 atom stereocenters. The van der Waals surface area contributed by atoms with E-state index in [0.717, 1.165) is 25.7 Å². The van der Waals surface area contributed by atoms with E-state index in [2.05, 4.69) is 10.5 Å². The maximum atomic E-state index is 12.1. The Morgan fingerprint density at radius 2 is 2.18 bits per heavy atom. The van der Waals surface area contributed by atoms with Gasteiger partial charge in [-0.3, -0.25) is 4.79 Å². The van der Waals surface area contributed by atoms with Crippen molar-refractivity contribution in [2.75, 3.05) is 0 Å². The zero-order chi connectivity index (χ0) is 13.1. The monoisotopic (exact) mass is 241 g/mol. The molecule has 0 bridgehead atoms. The fraction of sp³-hybridized carbons (Fsp3) is 0.833. The molecule has 1 aliphatic carbocycles. The minimum Gasteiger partial charge on any atom is -0.409 e. The van der Waals surface area contributed by atoms with Crippen LogP contribution in [0.25, 0.3) is 0 Å². The lowest BCUT2D eigenvalue weighted by atomic mass is 9.88. The third kappa shape index (κ3) is 3.11. The molecule has 0 saturated heterocycles. The van der Waals surface area contributed by atoms with Gasteiger partial charge in [-0.15, -0.1) is 0 Å². The van der Waals surface area contributed by atoms with Gasteiger partial charge in [0.15, 0.2) is 0 Å². The molecule has 1 amide bonds. The van der Waals surface area contributed by atoms with Crippen molar-refractivity contribution in [1.82, 2.24) is 5.32 Å². The highest BCUT2D eigenvalue weighted by Gasteiger charge is 2.35. The molecule has 0 aromatic rings. The van der Waals surface area contributed by atoms with E-state index < -0.39 is 0 Å². The number of rotatable bonds is 4. The highest BCUT2D eigenvalue weighted by atomic mass is 16.4. The molecule has 1 aliphatic rings. The van der Waals surface area contributed by atoms with Crippen LogP contribution in [-0.2, 0) is 4.79 Å². The summed E-state index contributed by atoms with van der Waals surface area (Å²) in [7, 11) is 0. The van der Waals surface area contributed by atoms with E-state index in [1.54, 1.807) is 0 Å². The first-order valence-electron chi connectivity index (χ1n) is 6.20. The number of hydrogen-bond donors (Lipinski definition) is 3. The molecule has 0 aliphatic heterocycles. The van der Waals surface area contributed by atoms with E-state index in [4.69, 9.17) is 10.9 Å². The standard InChI is InChI=1S/C12H23N3O2/c1-4-12(2,3)11(16)14-9-7-5-6-8(9)10(13)15-17/h8-9,17H,4-7H2,1-3H3,(H2,13,15)(H,14,16). The number of nitrogens with one attached hydrogen (secondary N) is 1. The average molecular weight is 241 g/mol. The summed E-state index contributed by atoms with van der Waals surface area (Å²) in [6.07, 6.45) is 3.55. The van der Waals surface area contributed by atoms with Crippen LogP contribution in [0.5, 0.6) is 0 Å². The van der Waals surface area contributed by atoms with Crippen LogP contribution in [0.3, 0.4) is 0 Å². The van der Waals surface area contributed by atoms with Gasteiger partial charge in [-0.25, -0.2) is 0 Å². The lowest BCUT2D eigenvalue weighted by Crippen LogP contribution is -2.47. The minimum absolute atomic E-state index is 0.00391. The van der Waals surface area contributed by atoms with E-state index in [9.17, 15) is 4.79 Å². The summed E-state index contributed by atoms with van der Waals surface area (Å²) < 4.78 is 0. The van der Waals surface area contributed by atoms with Crippen molar-refractivity contribution >= 4 is 11.7 Å². The molecule has 1 saturated carbocycles. The average Bonchev–Trinajstić information content (AvgIpc) is 2.76. The van der Waals surface area contributed by atoms with Gasteiger partial charge in [-0.2, -0.15) is 0 Å². The second-order valence-corrected chi connectivity index (χ2v) is 5.38. The zero-order valence-electron chi connectivity index (χ0n) is 10.9. The first-order chi connectivity index (χ1) is 7.92. The van der Waals surface area contributed by atoms with E-state index in [-0.39, 0.29) is 29.1 Å². The van der Waals surface area contributed by atoms with Crippen LogP contribution < -0.4 is 11.1 Å². The van der Waals surface area contributed by atoms with Crippen LogP contribution in [0.1, 0.15) is 46.5 Å². The number of hydrogen-bond acceptors (Lipinski definition) is 3. The Hall–Kier alpha value is -1.26. The van der Waals surface area contributed by atoms with E-state index in [1.165, 1.54) is 0 Å². The quantitative estimate of drug-likeness (QED) is 0.301. The Morgan fingerprint density at radius 3 is 2.71 bits per heavy atom. The first-order valence-corrected chi connectivity index (χ1v) is 6.20. The molecule has 98 valence electrons. The largest absolute Gasteiger partial charge is 0.409 e. The summed E-state index contributed by atoms with van der Waals surface area (Å²) in [4.78, 5) is 12.1. The number of nitrogens with zero attached hydrogens (tertiary/aromatic N) is 1. The number of oxime groups is 1. The number of carbonyl (C=O) groups is 1. The minimum atomic E-state index is -0.363. The molecule has 2 unspecified atom stereocenters. The number of nitrogens with two attached hydrogens (primary N) is 1. The number of amidine groups is 1. The van der Waals surface area contributed by atoms with Gasteiger partial charge in [0.25, 0.3) is 0 Å². The third-order valence-electron chi connectivity index (χ3n) is 3.83. The Kier molecular flexibility index (Phi) is 4.37. The van der Waals surface area contributed by atoms with Crippen molar-refractivity contribution in [3.05, 3.63) is 0 Å². The van der Waals surface area contributed by atoms with Gasteiger partial charge in [0.05, 0.1) is 0 Å². The van der Waals surface area contributed by atoms with Gasteiger partial charge in [0, 0.05) is 17.4 Å². The van der Waals surface area contributed by atoms with Gasteiger partial charge >= 0.3 is 0 Å². The highest BCUT2D eigenvalue weighted by Crippen LogP contribution is 2.28. The van der Waals surface area contributed by atoms with E-state index in [1.807, 2.05) is 20.8 Å². The predicted molar refractivity (Wildman–Crippen MR) is 66.8 cm³/mol. The van der Waals surface area contributed by atoms with Crippen molar-refractivity contribution in [2.45, 2.75) is 52.5 Å². The maximum absolute atomic E-state index is 12.1. The van der Waals surface area contributed by atoms with E-state index in [0.29, 0.717) is 0 Å². The van der Waals surface area contributed by atoms with Crippen LogP contribution >= 0.6 is 0 Å². The molecule has 1 rings (SSSR count). The fourth-order valence-electron chi connectivity index (χ4n) is 2.09. The lowest BCUT2D eigenvalue weighted by molar-refractivity contribution is -0.130. The molecular weight excluding hydrogens is 218 g/mol. The smallest absolute Gasteiger partial charge is 0.225 e. The van der Waals surface area contributed by atoms with Crippen LogP contribution in [0, 0.1) is 11.3 Å². The van der Waals surface area contributed by atoms with Crippen LogP contribution in [0.4, 0.5) is 0 Å². The molecule has 0 aromatic heterocycles. The summed E-state index contributed by atoms with van der Waals surface area (Å²) in [5.41, 5.74) is 5.27. The zero-order valence-corrected chi connectivity index (χ0v) is 10.9. The molecule has 0 radical (unpaired) electrons. The van der Waals surface area contributed by atoms with Gasteiger partial charge in [0.2, 0.25) is 5.91 Å². The Morgan fingerprint density at radius 1 is 1.53 bits per heavy atom. The first kappa shape index (κ1) is 13.8. The molecule has 1 fully saturated rings. The number of amides is 1. The van der Waals surface area contributed by atoms with Gasteiger partial charge < -0.3 is 16.3 Å². The van der Waals surface area contributed by atoms with Gasteiger partial charge in [-0.1, -0.05) is 32.3 Å². The second kappa shape index (κ2) is 5.38. The molecule has 0 spiro atoms. The summed E-state index contributed by atoms with van der Waals surface area (Å²) in [5, 5.41) is 14.8. The van der Waals surface area contributed by atoms with Crippen molar-refractivity contribution in [1.29, 1.82) is 0 Å².